The predicted octanol–water partition coefficient (Wildman–Crippen LogP) is 0.925. The van der Waals surface area contributed by atoms with E-state index in [0.29, 0.717) is 0 Å². The van der Waals surface area contributed by atoms with E-state index in [4.69, 9.17) is 7.10 Å². The van der Waals surface area contributed by atoms with Crippen LogP contribution in [0.25, 0.3) is 0 Å². The molecule has 1 aromatic carbocycles. The van der Waals surface area contributed by atoms with E-state index in [2.05, 4.69) is 0 Å². The first-order valence-electron chi connectivity index (χ1n) is 3.18. The summed E-state index contributed by atoms with van der Waals surface area (Å²) in [4.78, 5) is 10.5. The number of halogens is 1. The van der Waals surface area contributed by atoms with Gasteiger partial charge in [0, 0.05) is 0 Å². The van der Waals surface area contributed by atoms with Crippen LogP contribution in [0.3, 0.4) is 0 Å². The minimum atomic E-state index is -0.909. The monoisotopic (exact) mass is 140 g/mol. The third-order valence-electron chi connectivity index (χ3n) is 1.05. The predicted molar refractivity (Wildman–Crippen MR) is 34.9 cm³/mol. The number of nitrogens with two attached hydrogens (primary N) is 1. The molecule has 0 bridgehead atoms. The Morgan fingerprint density at radius 2 is 2.40 bits per heavy atom. The lowest BCUT2D eigenvalue weighted by atomic mass is 10.2. The van der Waals surface area contributed by atoms with Crippen molar-refractivity contribution in [1.82, 2.24) is 0 Å². The first kappa shape index (κ1) is 5.41. The third-order valence-corrected chi connectivity index (χ3v) is 1.05. The number of hydrogen-bond acceptors (Lipinski definition) is 1. The van der Waals surface area contributed by atoms with Gasteiger partial charge in [-0.25, -0.2) is 4.39 Å². The summed E-state index contributed by atoms with van der Waals surface area (Å²) in [6, 6.07) is 3.57. The molecular formula is C7H6FNO. The van der Waals surface area contributed by atoms with Crippen LogP contribution in [0.5, 0.6) is 0 Å². The molecule has 1 aromatic rings. The molecule has 0 fully saturated rings. The van der Waals surface area contributed by atoms with Crippen LogP contribution in [0.4, 0.5) is 4.39 Å². The van der Waals surface area contributed by atoms with Crippen molar-refractivity contribution >= 4 is 5.91 Å². The summed E-state index contributed by atoms with van der Waals surface area (Å²) < 4.78 is 19.8. The number of hydrogen-bond donors (Lipinski definition) is 1. The highest BCUT2D eigenvalue weighted by Crippen LogP contribution is 2.03. The van der Waals surface area contributed by atoms with Gasteiger partial charge in [0.25, 0.3) is 5.91 Å². The van der Waals surface area contributed by atoms with E-state index < -0.39 is 11.7 Å². The molecule has 1 rings (SSSR count). The van der Waals surface area contributed by atoms with Crippen LogP contribution in [0, 0.1) is 5.82 Å². The van der Waals surface area contributed by atoms with Crippen molar-refractivity contribution in [2.45, 2.75) is 0 Å². The lowest BCUT2D eigenvalue weighted by molar-refractivity contribution is 0.0996. The molecule has 2 N–H and O–H groups in total. The Labute approximate surface area is 58.9 Å². The van der Waals surface area contributed by atoms with Crippen LogP contribution in [0.1, 0.15) is 11.7 Å². The molecule has 0 saturated carbocycles. The largest absolute Gasteiger partial charge is 0.366 e. The van der Waals surface area contributed by atoms with Crippen molar-refractivity contribution in [2.24, 2.45) is 5.73 Å². The van der Waals surface area contributed by atoms with E-state index in [9.17, 15) is 9.18 Å². The Morgan fingerprint density at radius 1 is 1.70 bits per heavy atom. The fourth-order valence-electron chi connectivity index (χ4n) is 0.605. The summed E-state index contributed by atoms with van der Waals surface area (Å²) in [6.45, 7) is 0. The molecule has 0 radical (unpaired) electrons. The van der Waals surface area contributed by atoms with Gasteiger partial charge in [-0.15, -0.1) is 0 Å². The second-order valence-corrected chi connectivity index (χ2v) is 1.76. The van der Waals surface area contributed by atoms with Gasteiger partial charge in [-0.2, -0.15) is 0 Å². The summed E-state index contributed by atoms with van der Waals surface area (Å²) in [7, 11) is 0. The molecule has 0 aliphatic rings. The molecule has 2 nitrogen and oxygen atoms in total. The normalized spacial score (nSPS) is 10.7. The molecule has 3 heteroatoms. The van der Waals surface area contributed by atoms with Crippen LogP contribution in [0.15, 0.2) is 24.2 Å². The standard InChI is InChI=1S/C7H6FNO/c8-6-4-2-1-3-5(6)7(9)10/h1-4H,(H2,9,10)/i3D. The molecule has 0 saturated heterocycles. The molecule has 0 atom stereocenters. The van der Waals surface area contributed by atoms with E-state index >= 15 is 0 Å². The number of carbonyl (C=O) groups is 1. The Kier molecular flexibility index (Phi) is 1.34. The van der Waals surface area contributed by atoms with E-state index in [1.807, 2.05) is 0 Å². The van der Waals surface area contributed by atoms with E-state index in [-0.39, 0.29) is 11.6 Å². The zero-order valence-corrected chi connectivity index (χ0v) is 5.10. The van der Waals surface area contributed by atoms with Gasteiger partial charge in [-0.05, 0) is 12.1 Å². The Balaban J connectivity index is 3.32. The van der Waals surface area contributed by atoms with E-state index in [0.717, 1.165) is 6.07 Å². The summed E-state index contributed by atoms with van der Waals surface area (Å²) in [5.41, 5.74) is 4.46. The zero-order chi connectivity index (χ0) is 8.43. The first-order valence-corrected chi connectivity index (χ1v) is 2.68. The van der Waals surface area contributed by atoms with Crippen LogP contribution < -0.4 is 5.73 Å². The Bertz CT molecular complexity index is 280. The van der Waals surface area contributed by atoms with Gasteiger partial charge in [0.1, 0.15) is 5.82 Å². The van der Waals surface area contributed by atoms with Gasteiger partial charge in [0.05, 0.1) is 6.93 Å². The minimum absolute atomic E-state index is 0.183. The maximum atomic E-state index is 12.7. The average Bonchev–Trinajstić information content (AvgIpc) is 1.85. The topological polar surface area (TPSA) is 43.1 Å². The van der Waals surface area contributed by atoms with Gasteiger partial charge in [0.2, 0.25) is 0 Å². The molecule has 0 aliphatic carbocycles. The molecule has 10 heavy (non-hydrogen) atoms. The van der Waals surface area contributed by atoms with E-state index in [1.54, 1.807) is 0 Å². The van der Waals surface area contributed by atoms with Gasteiger partial charge in [-0.3, -0.25) is 4.79 Å². The van der Waals surface area contributed by atoms with E-state index in [1.165, 1.54) is 12.1 Å². The second kappa shape index (κ2) is 2.47. The maximum Gasteiger partial charge on any atom is 0.251 e. The van der Waals surface area contributed by atoms with Crippen LogP contribution in [-0.2, 0) is 0 Å². The molecule has 52 valence electrons. The van der Waals surface area contributed by atoms with Crippen molar-refractivity contribution in [3.05, 3.63) is 35.6 Å². The fraction of sp³-hybridized carbons (Fsp3) is 0. The molecule has 0 aromatic heterocycles. The first-order chi connectivity index (χ1) is 5.13. The number of carbonyl (C=O) groups excluding carboxylic acids is 1. The molecule has 0 spiro atoms. The summed E-state index contributed by atoms with van der Waals surface area (Å²) >= 11 is 0. The minimum Gasteiger partial charge on any atom is -0.366 e. The average molecular weight is 140 g/mol. The number of primary amides is 1. The Hall–Kier alpha value is -1.38. The van der Waals surface area contributed by atoms with Crippen molar-refractivity contribution in [3.8, 4) is 0 Å². The van der Waals surface area contributed by atoms with Gasteiger partial charge < -0.3 is 5.73 Å². The maximum absolute atomic E-state index is 12.7. The van der Waals surface area contributed by atoms with Gasteiger partial charge in [0.15, 0.2) is 0 Å². The number of benzene rings is 1. The lowest BCUT2D eigenvalue weighted by Crippen LogP contribution is -2.12. The molecule has 1 amide bonds. The number of rotatable bonds is 1. The highest BCUT2D eigenvalue weighted by molar-refractivity contribution is 5.92. The molecular weight excluding hydrogens is 133 g/mol. The summed E-state index contributed by atoms with van der Waals surface area (Å²) in [5.74, 6) is -1.65. The third kappa shape index (κ3) is 1.13. The van der Waals surface area contributed by atoms with Crippen LogP contribution in [-0.4, -0.2) is 5.91 Å². The van der Waals surface area contributed by atoms with Crippen molar-refractivity contribution in [3.63, 3.8) is 0 Å². The fourth-order valence-corrected chi connectivity index (χ4v) is 0.605. The molecule has 0 aliphatic heterocycles. The molecule has 0 unspecified atom stereocenters. The van der Waals surface area contributed by atoms with Crippen molar-refractivity contribution in [1.29, 1.82) is 0 Å². The highest BCUT2D eigenvalue weighted by atomic mass is 19.1. The second-order valence-electron chi connectivity index (χ2n) is 1.76. The van der Waals surface area contributed by atoms with Crippen LogP contribution in [0.2, 0.25) is 0 Å². The van der Waals surface area contributed by atoms with Crippen molar-refractivity contribution in [2.75, 3.05) is 0 Å². The van der Waals surface area contributed by atoms with Crippen LogP contribution >= 0.6 is 0 Å². The Morgan fingerprint density at radius 3 is 2.80 bits per heavy atom. The smallest absolute Gasteiger partial charge is 0.251 e. The summed E-state index contributed by atoms with van der Waals surface area (Å²) in [5, 5.41) is 0. The number of amides is 1. The highest BCUT2D eigenvalue weighted by Gasteiger charge is 2.04. The quantitative estimate of drug-likeness (QED) is 0.619. The summed E-state index contributed by atoms with van der Waals surface area (Å²) in [6.07, 6.45) is 0. The SMILES string of the molecule is [2H]c1cccc(F)c1C(N)=O. The van der Waals surface area contributed by atoms with Gasteiger partial charge >= 0.3 is 0 Å². The molecule has 0 heterocycles. The zero-order valence-electron chi connectivity index (χ0n) is 6.10. The van der Waals surface area contributed by atoms with Crippen molar-refractivity contribution < 1.29 is 10.6 Å². The lowest BCUT2D eigenvalue weighted by Gasteiger charge is -1.94. The van der Waals surface area contributed by atoms with Gasteiger partial charge in [-0.1, -0.05) is 12.1 Å².